The Labute approximate surface area is 117 Å². The second-order valence-corrected chi connectivity index (χ2v) is 6.00. The van der Waals surface area contributed by atoms with E-state index in [1.807, 2.05) is 18.3 Å². The maximum Gasteiger partial charge on any atom is 0.235 e. The minimum atomic E-state index is -0.108. The van der Waals surface area contributed by atoms with Crippen molar-refractivity contribution in [2.24, 2.45) is 0 Å². The molecule has 0 unspecified atom stereocenters. The molecule has 4 rings (SSSR count). The van der Waals surface area contributed by atoms with E-state index in [0.717, 1.165) is 36.5 Å². The van der Waals surface area contributed by atoms with Gasteiger partial charge in [0, 0.05) is 18.8 Å². The van der Waals surface area contributed by atoms with Crippen LogP contribution >= 0.6 is 0 Å². The topological polar surface area (TPSA) is 61.0 Å². The summed E-state index contributed by atoms with van der Waals surface area (Å²) in [5, 5.41) is 4.12. The minimum Gasteiger partial charge on any atom is -0.374 e. The summed E-state index contributed by atoms with van der Waals surface area (Å²) in [6.45, 7) is 2.18. The third-order valence-corrected chi connectivity index (χ3v) is 4.51. The summed E-state index contributed by atoms with van der Waals surface area (Å²) < 4.78 is 11.4. The van der Waals surface area contributed by atoms with Gasteiger partial charge in [0.2, 0.25) is 5.89 Å². The molecule has 0 aliphatic carbocycles. The molecule has 2 bridgehead atoms. The van der Waals surface area contributed by atoms with Crippen LogP contribution in [0, 0.1) is 0 Å². The summed E-state index contributed by atoms with van der Waals surface area (Å²) in [6.07, 6.45) is 8.11. The first-order chi connectivity index (χ1) is 9.74. The monoisotopic (exact) mass is 271 g/mol. The van der Waals surface area contributed by atoms with Crippen molar-refractivity contribution in [1.29, 1.82) is 0 Å². The lowest BCUT2D eigenvalue weighted by molar-refractivity contribution is 0.0803. The van der Waals surface area contributed by atoms with Crippen molar-refractivity contribution in [2.45, 2.75) is 50.2 Å². The fraction of sp³-hybridized carbons (Fsp3) is 0.533. The van der Waals surface area contributed by atoms with Gasteiger partial charge in [-0.25, -0.2) is 0 Å². The zero-order chi connectivity index (χ0) is 13.6. The Bertz CT molecular complexity index is 613. The van der Waals surface area contributed by atoms with E-state index < -0.39 is 0 Å². The highest BCUT2D eigenvalue weighted by molar-refractivity contribution is 5.17. The molecular formula is C15H17N3O2. The average molecular weight is 271 g/mol. The van der Waals surface area contributed by atoms with Gasteiger partial charge in [0.15, 0.2) is 5.82 Å². The Balaban J connectivity index is 1.57. The quantitative estimate of drug-likeness (QED) is 0.857. The maximum atomic E-state index is 5.93. The van der Waals surface area contributed by atoms with Gasteiger partial charge in [-0.15, -0.1) is 0 Å². The summed E-state index contributed by atoms with van der Waals surface area (Å²) >= 11 is 0. The first-order valence-electron chi connectivity index (χ1n) is 7.11. The molecule has 20 heavy (non-hydrogen) atoms. The number of rotatable bonds is 3. The van der Waals surface area contributed by atoms with Gasteiger partial charge >= 0.3 is 0 Å². The third-order valence-electron chi connectivity index (χ3n) is 4.51. The van der Waals surface area contributed by atoms with E-state index in [4.69, 9.17) is 9.26 Å². The van der Waals surface area contributed by atoms with Gasteiger partial charge in [0.25, 0.3) is 0 Å². The van der Waals surface area contributed by atoms with E-state index in [2.05, 4.69) is 22.0 Å². The standard InChI is InChI=1S/C15H17N3O2/c1-15(8-11-4-5-12(15)19-11)14-17-13(18-20-14)7-10-3-2-6-16-9-10/h2-3,6,9,11-12H,4-5,7-8H2,1H3/t11-,12-,15+/m1/s1. The van der Waals surface area contributed by atoms with Crippen LogP contribution in [-0.2, 0) is 16.6 Å². The molecule has 0 aromatic carbocycles. The number of hydrogen-bond acceptors (Lipinski definition) is 5. The SMILES string of the molecule is C[C@]1(c2nc(Cc3cccnc3)no2)C[C@H]2CC[C@H]1O2. The largest absolute Gasteiger partial charge is 0.374 e. The van der Waals surface area contributed by atoms with E-state index in [0.29, 0.717) is 12.5 Å². The van der Waals surface area contributed by atoms with Crippen LogP contribution in [0.5, 0.6) is 0 Å². The molecule has 5 heteroatoms. The number of nitrogens with zero attached hydrogens (tertiary/aromatic N) is 3. The maximum absolute atomic E-state index is 5.93. The Morgan fingerprint density at radius 1 is 1.40 bits per heavy atom. The fourth-order valence-corrected chi connectivity index (χ4v) is 3.40. The summed E-state index contributed by atoms with van der Waals surface area (Å²) in [5.74, 6) is 1.44. The van der Waals surface area contributed by atoms with Crippen molar-refractivity contribution in [3.63, 3.8) is 0 Å². The molecule has 0 N–H and O–H groups in total. The Morgan fingerprint density at radius 2 is 2.35 bits per heavy atom. The van der Waals surface area contributed by atoms with Crippen LogP contribution in [0.25, 0.3) is 0 Å². The second-order valence-electron chi connectivity index (χ2n) is 6.00. The molecule has 0 saturated carbocycles. The lowest BCUT2D eigenvalue weighted by Gasteiger charge is -2.26. The Morgan fingerprint density at radius 3 is 3.05 bits per heavy atom. The highest BCUT2D eigenvalue weighted by Gasteiger charge is 2.53. The number of pyridine rings is 1. The van der Waals surface area contributed by atoms with Gasteiger partial charge in [-0.05, 0) is 37.8 Å². The molecule has 2 aliphatic rings. The van der Waals surface area contributed by atoms with E-state index in [-0.39, 0.29) is 11.5 Å². The van der Waals surface area contributed by atoms with E-state index in [1.54, 1.807) is 6.20 Å². The predicted octanol–water partition coefficient (Wildman–Crippen LogP) is 2.26. The minimum absolute atomic E-state index is 0.108. The predicted molar refractivity (Wildman–Crippen MR) is 71.2 cm³/mol. The van der Waals surface area contributed by atoms with Crippen LogP contribution in [0.4, 0.5) is 0 Å². The zero-order valence-electron chi connectivity index (χ0n) is 11.5. The zero-order valence-corrected chi connectivity index (χ0v) is 11.5. The highest BCUT2D eigenvalue weighted by atomic mass is 16.5. The molecule has 2 aliphatic heterocycles. The van der Waals surface area contributed by atoms with Crippen LogP contribution in [0.2, 0.25) is 0 Å². The van der Waals surface area contributed by atoms with Crippen LogP contribution in [0.15, 0.2) is 29.0 Å². The average Bonchev–Trinajstić information content (AvgIpc) is 3.15. The fourth-order valence-electron chi connectivity index (χ4n) is 3.40. The van der Waals surface area contributed by atoms with Gasteiger partial charge in [-0.2, -0.15) is 4.98 Å². The van der Waals surface area contributed by atoms with Crippen LogP contribution in [-0.4, -0.2) is 27.3 Å². The number of fused-ring (bicyclic) bond motifs is 2. The molecule has 2 fully saturated rings. The molecule has 2 saturated heterocycles. The first kappa shape index (κ1) is 12.0. The Hall–Kier alpha value is -1.75. The molecule has 3 atom stereocenters. The lowest BCUT2D eigenvalue weighted by atomic mass is 9.75. The van der Waals surface area contributed by atoms with Crippen molar-refractivity contribution in [3.8, 4) is 0 Å². The highest BCUT2D eigenvalue weighted by Crippen LogP contribution is 2.48. The molecule has 4 heterocycles. The van der Waals surface area contributed by atoms with Gasteiger partial charge in [-0.1, -0.05) is 11.2 Å². The first-order valence-corrected chi connectivity index (χ1v) is 7.11. The van der Waals surface area contributed by atoms with E-state index in [1.165, 1.54) is 0 Å². The van der Waals surface area contributed by atoms with Crippen molar-refractivity contribution >= 4 is 0 Å². The summed E-state index contributed by atoms with van der Waals surface area (Å²) in [4.78, 5) is 8.70. The van der Waals surface area contributed by atoms with Gasteiger partial charge in [0.05, 0.1) is 17.6 Å². The summed E-state index contributed by atoms with van der Waals surface area (Å²) in [5.41, 5.74) is 0.984. The summed E-state index contributed by atoms with van der Waals surface area (Å²) in [6, 6.07) is 3.94. The molecule has 0 amide bonds. The molecule has 5 nitrogen and oxygen atoms in total. The van der Waals surface area contributed by atoms with E-state index in [9.17, 15) is 0 Å². The van der Waals surface area contributed by atoms with E-state index >= 15 is 0 Å². The Kier molecular flexibility index (Phi) is 2.63. The van der Waals surface area contributed by atoms with Gasteiger partial charge < -0.3 is 9.26 Å². The molecule has 104 valence electrons. The number of aromatic nitrogens is 3. The molecule has 0 spiro atoms. The second kappa shape index (κ2) is 4.38. The molecular weight excluding hydrogens is 254 g/mol. The van der Waals surface area contributed by atoms with Crippen molar-refractivity contribution in [1.82, 2.24) is 15.1 Å². The van der Waals surface area contributed by atoms with Gasteiger partial charge in [-0.3, -0.25) is 4.98 Å². The smallest absolute Gasteiger partial charge is 0.235 e. The normalized spacial score (nSPS) is 31.9. The number of ether oxygens (including phenoxy) is 1. The summed E-state index contributed by atoms with van der Waals surface area (Å²) in [7, 11) is 0. The van der Waals surface area contributed by atoms with Crippen LogP contribution < -0.4 is 0 Å². The number of hydrogen-bond donors (Lipinski definition) is 0. The van der Waals surface area contributed by atoms with Crippen molar-refractivity contribution in [2.75, 3.05) is 0 Å². The molecule has 2 aromatic heterocycles. The van der Waals surface area contributed by atoms with Crippen LogP contribution in [0.1, 0.15) is 43.5 Å². The van der Waals surface area contributed by atoms with Gasteiger partial charge in [0.1, 0.15) is 0 Å². The molecule has 2 aromatic rings. The van der Waals surface area contributed by atoms with Crippen molar-refractivity contribution in [3.05, 3.63) is 41.8 Å². The van der Waals surface area contributed by atoms with Crippen molar-refractivity contribution < 1.29 is 9.26 Å². The third kappa shape index (κ3) is 1.85. The van der Waals surface area contributed by atoms with Crippen LogP contribution in [0.3, 0.4) is 0 Å². The molecule has 0 radical (unpaired) electrons. The lowest BCUT2D eigenvalue weighted by Crippen LogP contribution is -2.34.